The number of rotatable bonds is 2. The number of methoxy groups -OCH3 is 1. The van der Waals surface area contributed by atoms with Gasteiger partial charge >= 0.3 is 0 Å². The molecule has 3 heterocycles. The number of benzene rings is 1. The van der Waals surface area contributed by atoms with Crippen molar-refractivity contribution in [3.63, 3.8) is 0 Å². The van der Waals surface area contributed by atoms with Gasteiger partial charge in [-0.2, -0.15) is 0 Å². The van der Waals surface area contributed by atoms with Crippen LogP contribution < -0.4 is 10.1 Å². The van der Waals surface area contributed by atoms with Gasteiger partial charge in [0, 0.05) is 24.9 Å². The van der Waals surface area contributed by atoms with E-state index in [0.29, 0.717) is 30.9 Å². The molecule has 0 spiro atoms. The quantitative estimate of drug-likeness (QED) is 0.907. The largest absolute Gasteiger partial charge is 0.495 e. The second-order valence-electron chi connectivity index (χ2n) is 6.03. The number of nitrogens with one attached hydrogen (secondary N) is 1. The molecule has 7 nitrogen and oxygen atoms in total. The van der Waals surface area contributed by atoms with Crippen LogP contribution in [0, 0.1) is 0 Å². The first-order valence-electron chi connectivity index (χ1n) is 7.85. The lowest BCUT2D eigenvalue weighted by atomic mass is 9.88. The van der Waals surface area contributed by atoms with Crippen molar-refractivity contribution in [2.24, 2.45) is 0 Å². The van der Waals surface area contributed by atoms with Gasteiger partial charge in [-0.15, -0.1) is 0 Å². The van der Waals surface area contributed by atoms with E-state index in [4.69, 9.17) is 9.26 Å². The number of carbonyl (C=O) groups is 2. The van der Waals surface area contributed by atoms with Crippen molar-refractivity contribution in [3.8, 4) is 5.75 Å². The normalized spacial score (nSPS) is 19.3. The molecule has 4 rings (SSSR count). The lowest BCUT2D eigenvalue weighted by Gasteiger charge is -2.32. The third-order valence-electron chi connectivity index (χ3n) is 4.63. The Morgan fingerprint density at radius 3 is 3.17 bits per heavy atom. The summed E-state index contributed by atoms with van der Waals surface area (Å²) < 4.78 is 10.3. The summed E-state index contributed by atoms with van der Waals surface area (Å²) in [4.78, 5) is 26.9. The van der Waals surface area contributed by atoms with Crippen LogP contribution in [0.25, 0.3) is 0 Å². The van der Waals surface area contributed by atoms with E-state index in [9.17, 15) is 9.59 Å². The highest BCUT2D eigenvalue weighted by atomic mass is 16.5. The van der Waals surface area contributed by atoms with E-state index in [1.807, 2.05) is 12.1 Å². The van der Waals surface area contributed by atoms with E-state index in [1.54, 1.807) is 24.3 Å². The van der Waals surface area contributed by atoms with Crippen molar-refractivity contribution in [2.75, 3.05) is 19.0 Å². The molecule has 0 unspecified atom stereocenters. The molecule has 1 aromatic carbocycles. The van der Waals surface area contributed by atoms with Crippen molar-refractivity contribution >= 4 is 17.5 Å². The van der Waals surface area contributed by atoms with Gasteiger partial charge in [0.1, 0.15) is 12.0 Å². The number of amides is 2. The van der Waals surface area contributed by atoms with Gasteiger partial charge in [-0.3, -0.25) is 9.59 Å². The Morgan fingerprint density at radius 1 is 1.46 bits per heavy atom. The van der Waals surface area contributed by atoms with Crippen LogP contribution in [0.15, 0.2) is 29.0 Å². The van der Waals surface area contributed by atoms with Crippen molar-refractivity contribution in [1.29, 1.82) is 0 Å². The number of para-hydroxylation sites is 1. The third kappa shape index (κ3) is 2.33. The van der Waals surface area contributed by atoms with Crippen LogP contribution in [0.2, 0.25) is 0 Å². The number of ether oxygens (including phenoxy) is 1. The van der Waals surface area contributed by atoms with Crippen LogP contribution in [0.3, 0.4) is 0 Å². The predicted molar refractivity (Wildman–Crippen MR) is 84.6 cm³/mol. The van der Waals surface area contributed by atoms with Gasteiger partial charge in [-0.25, -0.2) is 0 Å². The smallest absolute Gasteiger partial charge is 0.231 e. The first-order valence-corrected chi connectivity index (χ1v) is 7.85. The van der Waals surface area contributed by atoms with Crippen LogP contribution in [-0.4, -0.2) is 35.5 Å². The van der Waals surface area contributed by atoms with Crippen molar-refractivity contribution in [2.45, 2.75) is 25.3 Å². The summed E-state index contributed by atoms with van der Waals surface area (Å²) in [7, 11) is 1.55. The molecular formula is C17H17N3O4. The zero-order valence-corrected chi connectivity index (χ0v) is 13.2. The SMILES string of the molecule is COc1cccc2c1NC(=O)C[C@@H]2C(=O)N1CCc2nocc2C1. The highest BCUT2D eigenvalue weighted by Gasteiger charge is 2.36. The number of carbonyl (C=O) groups excluding carboxylic acids is 2. The Hall–Kier alpha value is -2.83. The fourth-order valence-electron chi connectivity index (χ4n) is 3.40. The maximum atomic E-state index is 13.0. The van der Waals surface area contributed by atoms with Gasteiger partial charge in [-0.05, 0) is 11.6 Å². The summed E-state index contributed by atoms with van der Waals surface area (Å²) >= 11 is 0. The van der Waals surface area contributed by atoms with Gasteiger partial charge < -0.3 is 19.5 Å². The van der Waals surface area contributed by atoms with E-state index in [0.717, 1.165) is 16.8 Å². The number of nitrogens with zero attached hydrogens (tertiary/aromatic N) is 2. The Kier molecular flexibility index (Phi) is 3.48. The minimum absolute atomic E-state index is 0.0498. The molecule has 2 aliphatic heterocycles. The van der Waals surface area contributed by atoms with E-state index in [1.165, 1.54) is 0 Å². The molecule has 0 saturated heterocycles. The third-order valence-corrected chi connectivity index (χ3v) is 4.63. The lowest BCUT2D eigenvalue weighted by molar-refractivity contribution is -0.135. The fourth-order valence-corrected chi connectivity index (χ4v) is 3.40. The fraction of sp³-hybridized carbons (Fsp3) is 0.353. The van der Waals surface area contributed by atoms with Gasteiger partial charge in [0.2, 0.25) is 11.8 Å². The maximum absolute atomic E-state index is 13.0. The summed E-state index contributed by atoms with van der Waals surface area (Å²) in [5.74, 6) is -0.150. The Bertz CT molecular complexity index is 814. The van der Waals surface area contributed by atoms with E-state index in [2.05, 4.69) is 10.5 Å². The van der Waals surface area contributed by atoms with E-state index >= 15 is 0 Å². The van der Waals surface area contributed by atoms with Gasteiger partial charge in [0.15, 0.2) is 0 Å². The zero-order chi connectivity index (χ0) is 16.7. The summed E-state index contributed by atoms with van der Waals surface area (Å²) in [5.41, 5.74) is 3.23. The lowest BCUT2D eigenvalue weighted by Crippen LogP contribution is -2.41. The molecule has 2 amide bonds. The molecule has 7 heteroatoms. The summed E-state index contributed by atoms with van der Waals surface area (Å²) in [5, 5.41) is 6.76. The van der Waals surface area contributed by atoms with Gasteiger partial charge in [-0.1, -0.05) is 17.3 Å². The van der Waals surface area contributed by atoms with Crippen molar-refractivity contribution in [1.82, 2.24) is 10.1 Å². The molecule has 2 aromatic rings. The Labute approximate surface area is 138 Å². The molecule has 0 fully saturated rings. The first kappa shape index (κ1) is 14.7. The molecule has 2 aliphatic rings. The number of hydrogen-bond donors (Lipinski definition) is 1. The number of aromatic nitrogens is 1. The highest BCUT2D eigenvalue weighted by Crippen LogP contribution is 2.39. The highest BCUT2D eigenvalue weighted by molar-refractivity contribution is 6.02. The maximum Gasteiger partial charge on any atom is 0.231 e. The first-order chi connectivity index (χ1) is 11.7. The minimum Gasteiger partial charge on any atom is -0.495 e. The van der Waals surface area contributed by atoms with Crippen LogP contribution in [-0.2, 0) is 22.6 Å². The van der Waals surface area contributed by atoms with Crippen LogP contribution in [0.5, 0.6) is 5.75 Å². The molecule has 0 radical (unpaired) electrons. The van der Waals surface area contributed by atoms with Crippen molar-refractivity contribution < 1.29 is 18.8 Å². The Morgan fingerprint density at radius 2 is 2.33 bits per heavy atom. The van der Waals surface area contributed by atoms with Crippen molar-refractivity contribution in [3.05, 3.63) is 41.3 Å². The Balaban J connectivity index is 1.65. The minimum atomic E-state index is -0.495. The molecule has 1 atom stereocenters. The number of fused-ring (bicyclic) bond motifs is 2. The topological polar surface area (TPSA) is 84.7 Å². The van der Waals surface area contributed by atoms with E-state index < -0.39 is 5.92 Å². The molecular weight excluding hydrogens is 310 g/mol. The van der Waals surface area contributed by atoms with Gasteiger partial charge in [0.05, 0.1) is 31.0 Å². The van der Waals surface area contributed by atoms with Crippen LogP contribution >= 0.6 is 0 Å². The number of hydrogen-bond acceptors (Lipinski definition) is 5. The van der Waals surface area contributed by atoms with Crippen LogP contribution in [0.1, 0.15) is 29.2 Å². The van der Waals surface area contributed by atoms with Gasteiger partial charge in [0.25, 0.3) is 0 Å². The average Bonchev–Trinajstić information content (AvgIpc) is 3.07. The summed E-state index contributed by atoms with van der Waals surface area (Å²) in [6.45, 7) is 1.05. The monoisotopic (exact) mass is 327 g/mol. The molecule has 1 aromatic heterocycles. The molecule has 1 N–H and O–H groups in total. The van der Waals surface area contributed by atoms with Crippen LogP contribution in [0.4, 0.5) is 5.69 Å². The average molecular weight is 327 g/mol. The molecule has 0 saturated carbocycles. The molecule has 124 valence electrons. The second-order valence-corrected chi connectivity index (χ2v) is 6.03. The van der Waals surface area contributed by atoms with E-state index in [-0.39, 0.29) is 18.2 Å². The predicted octanol–water partition coefficient (Wildman–Crippen LogP) is 1.69. The summed E-state index contributed by atoms with van der Waals surface area (Å²) in [6, 6.07) is 5.48. The summed E-state index contributed by atoms with van der Waals surface area (Å²) in [6.07, 6.45) is 2.40. The molecule has 0 aliphatic carbocycles. The molecule has 24 heavy (non-hydrogen) atoms. The number of anilines is 1. The zero-order valence-electron chi connectivity index (χ0n) is 13.2. The molecule has 0 bridgehead atoms. The standard InChI is InChI=1S/C17H17N3O4/c1-23-14-4-2-3-11-12(7-15(21)18-16(11)14)17(22)20-6-5-13-10(8-20)9-24-19-13/h2-4,9,12H,5-8H2,1H3,(H,18,21)/t12-/m0/s1. The second kappa shape index (κ2) is 5.67.